The first-order valence-electron chi connectivity index (χ1n) is 10.0. The van der Waals surface area contributed by atoms with Gasteiger partial charge in [-0.1, -0.05) is 71.3 Å². The van der Waals surface area contributed by atoms with Crippen LogP contribution in [0.3, 0.4) is 0 Å². The van der Waals surface area contributed by atoms with Crippen molar-refractivity contribution in [1.29, 1.82) is 0 Å². The highest BCUT2D eigenvalue weighted by Gasteiger charge is 2.47. The van der Waals surface area contributed by atoms with Crippen LogP contribution in [0.25, 0.3) is 0 Å². The second-order valence-corrected chi connectivity index (χ2v) is 8.11. The van der Waals surface area contributed by atoms with Crippen molar-refractivity contribution in [3.63, 3.8) is 0 Å². The monoisotopic (exact) mass is 432 g/mol. The third kappa shape index (κ3) is 4.52. The SMILES string of the molecule is Cc1ccc(C(=O)N[C@@H]2C(=O)N/[N+](=C\c3ccccc3Cl)[C@@H]2c2ccc(C)cc2)cc1. The van der Waals surface area contributed by atoms with E-state index in [9.17, 15) is 9.59 Å². The Morgan fingerprint density at radius 2 is 1.58 bits per heavy atom. The normalized spacial score (nSPS) is 19.3. The molecule has 1 heterocycles. The molecule has 5 nitrogen and oxygen atoms in total. The van der Waals surface area contributed by atoms with Gasteiger partial charge in [-0.3, -0.25) is 9.59 Å². The highest BCUT2D eigenvalue weighted by molar-refractivity contribution is 6.32. The number of nitrogens with zero attached hydrogens (tertiary/aromatic N) is 1. The van der Waals surface area contributed by atoms with Crippen molar-refractivity contribution in [2.24, 2.45) is 0 Å². The lowest BCUT2D eigenvalue weighted by Crippen LogP contribution is -2.42. The largest absolute Gasteiger partial charge is 0.334 e. The van der Waals surface area contributed by atoms with Gasteiger partial charge in [0, 0.05) is 11.1 Å². The average Bonchev–Trinajstić information content (AvgIpc) is 3.05. The van der Waals surface area contributed by atoms with Crippen LogP contribution in [-0.4, -0.2) is 28.8 Å². The fourth-order valence-corrected chi connectivity index (χ4v) is 3.79. The van der Waals surface area contributed by atoms with Crippen LogP contribution in [0.2, 0.25) is 5.02 Å². The smallest absolute Gasteiger partial charge is 0.304 e. The third-order valence-corrected chi connectivity index (χ3v) is 5.68. The zero-order chi connectivity index (χ0) is 22.0. The molecule has 1 fully saturated rings. The molecule has 1 saturated heterocycles. The maximum atomic E-state index is 12.9. The minimum absolute atomic E-state index is 0.283. The van der Waals surface area contributed by atoms with E-state index in [0.717, 1.165) is 22.3 Å². The predicted molar refractivity (Wildman–Crippen MR) is 121 cm³/mol. The Morgan fingerprint density at radius 1 is 0.968 bits per heavy atom. The number of halogens is 1. The van der Waals surface area contributed by atoms with Crippen LogP contribution < -0.4 is 10.7 Å². The minimum Gasteiger partial charge on any atom is -0.334 e. The molecule has 2 N–H and O–H groups in total. The van der Waals surface area contributed by atoms with Crippen LogP contribution >= 0.6 is 11.6 Å². The number of carbonyl (C=O) groups is 2. The van der Waals surface area contributed by atoms with Crippen molar-refractivity contribution in [2.45, 2.75) is 25.9 Å². The highest BCUT2D eigenvalue weighted by Crippen LogP contribution is 2.26. The van der Waals surface area contributed by atoms with Crippen molar-refractivity contribution < 1.29 is 14.3 Å². The van der Waals surface area contributed by atoms with E-state index < -0.39 is 12.1 Å². The van der Waals surface area contributed by atoms with E-state index in [0.29, 0.717) is 10.6 Å². The van der Waals surface area contributed by atoms with Gasteiger partial charge in [-0.05, 0) is 38.1 Å². The number of amides is 2. The van der Waals surface area contributed by atoms with E-state index in [-0.39, 0.29) is 11.8 Å². The van der Waals surface area contributed by atoms with Crippen molar-refractivity contribution >= 4 is 29.6 Å². The molecule has 1 aliphatic heterocycles. The molecule has 2 amide bonds. The molecule has 31 heavy (non-hydrogen) atoms. The number of aryl methyl sites for hydroxylation is 2. The van der Waals surface area contributed by atoms with Crippen LogP contribution in [0, 0.1) is 13.8 Å². The summed E-state index contributed by atoms with van der Waals surface area (Å²) in [6.45, 7) is 3.97. The van der Waals surface area contributed by atoms with Gasteiger partial charge in [0.1, 0.15) is 0 Å². The van der Waals surface area contributed by atoms with Gasteiger partial charge >= 0.3 is 5.91 Å². The fraction of sp³-hybridized carbons (Fsp3) is 0.160. The summed E-state index contributed by atoms with van der Waals surface area (Å²) in [5.41, 5.74) is 7.23. The molecular weight excluding hydrogens is 410 g/mol. The number of hydrazone groups is 1. The molecule has 0 bridgehead atoms. The fourth-order valence-electron chi connectivity index (χ4n) is 3.60. The number of hydrogen-bond donors (Lipinski definition) is 2. The molecule has 0 unspecified atom stereocenters. The topological polar surface area (TPSA) is 61.2 Å². The number of benzene rings is 3. The molecule has 1 aliphatic rings. The summed E-state index contributed by atoms with van der Waals surface area (Å²) in [5.74, 6) is -0.578. The highest BCUT2D eigenvalue weighted by atomic mass is 35.5. The van der Waals surface area contributed by atoms with Gasteiger partial charge in [0.2, 0.25) is 12.3 Å². The summed E-state index contributed by atoms with van der Waals surface area (Å²) in [6.07, 6.45) is 1.79. The zero-order valence-electron chi connectivity index (χ0n) is 17.3. The van der Waals surface area contributed by atoms with Gasteiger partial charge in [0.15, 0.2) is 6.04 Å². The Balaban J connectivity index is 1.71. The predicted octanol–water partition coefficient (Wildman–Crippen LogP) is 3.97. The van der Waals surface area contributed by atoms with Crippen molar-refractivity contribution in [3.8, 4) is 0 Å². The summed E-state index contributed by atoms with van der Waals surface area (Å²) >= 11 is 6.33. The zero-order valence-corrected chi connectivity index (χ0v) is 18.1. The summed E-state index contributed by atoms with van der Waals surface area (Å²) in [4.78, 5) is 25.8. The molecule has 0 aliphatic carbocycles. The van der Waals surface area contributed by atoms with Crippen molar-refractivity contribution in [2.75, 3.05) is 0 Å². The molecular formula is C25H23ClN3O2+. The molecule has 6 heteroatoms. The molecule has 0 aromatic heterocycles. The number of hydrazine groups is 1. The molecule has 0 saturated carbocycles. The summed E-state index contributed by atoms with van der Waals surface area (Å²) in [5, 5.41) is 3.49. The summed E-state index contributed by atoms with van der Waals surface area (Å²) in [6, 6.07) is 21.4. The van der Waals surface area contributed by atoms with E-state index >= 15 is 0 Å². The van der Waals surface area contributed by atoms with E-state index in [4.69, 9.17) is 11.6 Å². The van der Waals surface area contributed by atoms with E-state index in [1.807, 2.05) is 68.4 Å². The van der Waals surface area contributed by atoms with E-state index in [1.165, 1.54) is 0 Å². The first kappa shape index (κ1) is 20.8. The lowest BCUT2D eigenvalue weighted by molar-refractivity contribution is -0.596. The standard InChI is InChI=1S/C25H22ClN3O2/c1-16-7-11-18(12-8-16)23-22(27-24(30)19-13-9-17(2)10-14-19)25(31)28-29(23)15-20-5-3-4-6-21(20)26/h3-15,22-23H,1-2H3,(H-,27,28,30,31)/p+1/b29-15-/t22-,23+/m0/s1. The van der Waals surface area contributed by atoms with Gasteiger partial charge in [-0.15, -0.1) is 10.1 Å². The quantitative estimate of drug-likeness (QED) is 0.613. The average molecular weight is 433 g/mol. The lowest BCUT2D eigenvalue weighted by atomic mass is 9.98. The summed E-state index contributed by atoms with van der Waals surface area (Å²) < 4.78 is 1.72. The lowest BCUT2D eigenvalue weighted by Gasteiger charge is -2.15. The second kappa shape index (κ2) is 8.74. The number of rotatable bonds is 4. The van der Waals surface area contributed by atoms with Gasteiger partial charge in [-0.2, -0.15) is 0 Å². The molecule has 4 rings (SSSR count). The number of nitrogens with one attached hydrogen (secondary N) is 2. The van der Waals surface area contributed by atoms with Crippen molar-refractivity contribution in [3.05, 3.63) is 106 Å². The Morgan fingerprint density at radius 3 is 2.23 bits per heavy atom. The first-order chi connectivity index (χ1) is 14.9. The Hall–Kier alpha value is -3.44. The molecule has 2 atom stereocenters. The Bertz CT molecular complexity index is 1150. The van der Waals surface area contributed by atoms with Gasteiger partial charge in [0.25, 0.3) is 5.91 Å². The molecule has 0 radical (unpaired) electrons. The van der Waals surface area contributed by atoms with Crippen LogP contribution in [0.1, 0.15) is 38.7 Å². The molecule has 156 valence electrons. The maximum Gasteiger partial charge on any atom is 0.304 e. The van der Waals surface area contributed by atoms with E-state index in [1.54, 1.807) is 29.1 Å². The molecule has 3 aromatic rings. The van der Waals surface area contributed by atoms with Gasteiger partial charge in [0.05, 0.1) is 10.6 Å². The van der Waals surface area contributed by atoms with Gasteiger partial charge < -0.3 is 5.32 Å². The molecule has 0 spiro atoms. The van der Waals surface area contributed by atoms with Crippen LogP contribution in [0.15, 0.2) is 72.8 Å². The van der Waals surface area contributed by atoms with Gasteiger partial charge in [-0.25, -0.2) is 0 Å². The van der Waals surface area contributed by atoms with Crippen LogP contribution in [0.5, 0.6) is 0 Å². The summed E-state index contributed by atoms with van der Waals surface area (Å²) in [7, 11) is 0. The minimum atomic E-state index is -0.768. The Labute approximate surface area is 186 Å². The molecule has 3 aromatic carbocycles. The Kier molecular flexibility index (Phi) is 5.87. The third-order valence-electron chi connectivity index (χ3n) is 5.34. The van der Waals surface area contributed by atoms with Crippen LogP contribution in [-0.2, 0) is 4.79 Å². The first-order valence-corrected chi connectivity index (χ1v) is 10.4. The maximum absolute atomic E-state index is 12.9. The number of carbonyl (C=O) groups excluding carboxylic acids is 2. The number of hydrogen-bond acceptors (Lipinski definition) is 2. The van der Waals surface area contributed by atoms with E-state index in [2.05, 4.69) is 10.7 Å². The second-order valence-electron chi connectivity index (χ2n) is 7.71. The van der Waals surface area contributed by atoms with Crippen molar-refractivity contribution in [1.82, 2.24) is 10.7 Å². The van der Waals surface area contributed by atoms with Crippen LogP contribution in [0.4, 0.5) is 0 Å².